The zero-order valence-corrected chi connectivity index (χ0v) is 46.4. The number of aliphatic imine (C=N–C) groups is 2. The molecule has 0 saturated carbocycles. The molecule has 0 radical (unpaired) electrons. The predicted molar refractivity (Wildman–Crippen MR) is 315 cm³/mol. The summed E-state index contributed by atoms with van der Waals surface area (Å²) in [4.78, 5) is 47.0. The second-order valence-electron chi connectivity index (χ2n) is 20.3. The number of esters is 2. The van der Waals surface area contributed by atoms with Gasteiger partial charge in [-0.1, -0.05) is 211 Å². The molecule has 0 fully saturated rings. The van der Waals surface area contributed by atoms with Crippen LogP contribution in [-0.2, 0) is 0 Å². The topological polar surface area (TPSA) is 139 Å². The average Bonchev–Trinajstić information content (AvgIpc) is 3.45. The van der Waals surface area contributed by atoms with Crippen LogP contribution in [0.3, 0.4) is 0 Å². The van der Waals surface area contributed by atoms with Gasteiger partial charge in [0.2, 0.25) is 11.5 Å². The molecule has 0 bridgehead atoms. The zero-order chi connectivity index (χ0) is 54.4. The maximum Gasteiger partial charge on any atom is 0.353 e. The Morgan fingerprint density at radius 1 is 0.416 bits per heavy atom. The number of carbonyl (C=O) groups excluding carboxylic acids is 2. The summed E-state index contributed by atoms with van der Waals surface area (Å²) in [7, 11) is 0. The summed E-state index contributed by atoms with van der Waals surface area (Å²) in [5.74, 6) is -0.737. The number of rotatable bonds is 41. The van der Waals surface area contributed by atoms with Crippen LogP contribution in [0.5, 0.6) is 23.0 Å². The van der Waals surface area contributed by atoms with Crippen LogP contribution in [0.15, 0.2) is 125 Å². The van der Waals surface area contributed by atoms with Gasteiger partial charge in [0.05, 0.1) is 40.6 Å². The molecule has 0 unspecified atom stereocenters. The Balaban J connectivity index is 0.971. The number of carbonyl (C=O) groups is 2. The van der Waals surface area contributed by atoms with Crippen molar-refractivity contribution in [3.05, 3.63) is 148 Å². The summed E-state index contributed by atoms with van der Waals surface area (Å²) in [5.41, 5.74) is 2.65. The number of unbranched alkanes of at least 4 members (excludes halogenated alkanes) is 26. The quantitative estimate of drug-likeness (QED) is 0.00942. The molecule has 0 N–H and O–H groups in total. The van der Waals surface area contributed by atoms with Crippen LogP contribution in [0.2, 0.25) is 0 Å². The molecule has 5 rings (SSSR count). The fraction of sp³-hybridized carbons (Fsp3) is 0.485. The van der Waals surface area contributed by atoms with Gasteiger partial charge in [-0.15, -0.1) is 0 Å². The van der Waals surface area contributed by atoms with Crippen molar-refractivity contribution in [2.24, 2.45) is 9.98 Å². The molecule has 414 valence electrons. The molecule has 0 aromatic heterocycles. The van der Waals surface area contributed by atoms with Crippen molar-refractivity contribution in [2.75, 3.05) is 13.2 Å². The lowest BCUT2D eigenvalue weighted by Crippen LogP contribution is -2.12. The third-order valence-electron chi connectivity index (χ3n) is 13.8. The van der Waals surface area contributed by atoms with Crippen LogP contribution in [0.25, 0.3) is 0 Å². The lowest BCUT2D eigenvalue weighted by atomic mass is 10.0. The zero-order valence-electron chi connectivity index (χ0n) is 46.4. The highest BCUT2D eigenvalue weighted by molar-refractivity contribution is 5.94. The number of nitro groups is 1. The Morgan fingerprint density at radius 3 is 1.01 bits per heavy atom. The summed E-state index contributed by atoms with van der Waals surface area (Å²) in [6.07, 6.45) is 40.4. The molecular weight excluding hydrogens is 963 g/mol. The monoisotopic (exact) mass is 1050 g/mol. The summed E-state index contributed by atoms with van der Waals surface area (Å²) >= 11 is 0. The summed E-state index contributed by atoms with van der Waals surface area (Å²) in [5, 5.41) is 12.3. The molecule has 11 nitrogen and oxygen atoms in total. The van der Waals surface area contributed by atoms with Crippen LogP contribution in [-0.4, -0.2) is 42.5 Å². The normalized spacial score (nSPS) is 11.4. The van der Waals surface area contributed by atoms with Crippen LogP contribution in [0, 0.1) is 10.1 Å². The van der Waals surface area contributed by atoms with E-state index in [1.807, 2.05) is 48.5 Å². The van der Waals surface area contributed by atoms with Gasteiger partial charge in [-0.25, -0.2) is 9.59 Å². The van der Waals surface area contributed by atoms with E-state index < -0.39 is 22.5 Å². The number of benzene rings is 5. The first kappa shape index (κ1) is 61.2. The van der Waals surface area contributed by atoms with Gasteiger partial charge in [-0.05, 0) is 109 Å². The summed E-state index contributed by atoms with van der Waals surface area (Å²) < 4.78 is 22.9. The van der Waals surface area contributed by atoms with Crippen molar-refractivity contribution in [3.63, 3.8) is 0 Å². The van der Waals surface area contributed by atoms with Crippen molar-refractivity contribution in [3.8, 4) is 23.0 Å². The first-order valence-corrected chi connectivity index (χ1v) is 29.3. The first-order valence-electron chi connectivity index (χ1n) is 29.3. The van der Waals surface area contributed by atoms with E-state index in [1.54, 1.807) is 61.0 Å². The largest absolute Gasteiger partial charge is 0.494 e. The van der Waals surface area contributed by atoms with Crippen LogP contribution in [0.4, 0.5) is 17.1 Å². The van der Waals surface area contributed by atoms with Gasteiger partial charge < -0.3 is 18.9 Å². The SMILES string of the molecule is CCCCCCCCCCCCCCCCOc1ccc(N=Cc2ccc(C(=O)Oc3cccc(OC(=O)c4ccc(C=Nc5ccc(OCCCCCCCCCCCCCCCC)cc5)cc4)c3[N+](=O)[O-])cc2)cc1. The third kappa shape index (κ3) is 25.4. The van der Waals surface area contributed by atoms with E-state index in [1.165, 1.54) is 185 Å². The number of hydrogen-bond acceptors (Lipinski definition) is 10. The fourth-order valence-corrected chi connectivity index (χ4v) is 9.10. The lowest BCUT2D eigenvalue weighted by molar-refractivity contribution is -0.386. The molecule has 0 saturated heterocycles. The number of nitrogens with zero attached hydrogens (tertiary/aromatic N) is 3. The molecule has 77 heavy (non-hydrogen) atoms. The van der Waals surface area contributed by atoms with E-state index in [0.29, 0.717) is 13.2 Å². The standard InChI is InChI=1S/C66H87N3O8/c1-3-5-7-9-11-13-15-17-19-21-23-25-27-29-50-74-60-46-42-58(43-47-60)67-52-54-34-38-56(39-35-54)65(70)76-62-32-31-33-63(64(62)69(72)73)77-66(71)57-40-36-55(37-41-57)53-68-59-44-48-61(49-45-59)75-51-30-28-26-24-22-20-18-16-14-12-10-8-6-4-2/h31-49,52-53H,3-30,50-51H2,1-2H3. The predicted octanol–water partition coefficient (Wildman–Crippen LogP) is 19.3. The van der Waals surface area contributed by atoms with Crippen molar-refractivity contribution in [1.82, 2.24) is 0 Å². The molecule has 0 aliphatic rings. The number of para-hydroxylation sites is 1. The van der Waals surface area contributed by atoms with Crippen molar-refractivity contribution < 1.29 is 33.5 Å². The highest BCUT2D eigenvalue weighted by atomic mass is 16.6. The van der Waals surface area contributed by atoms with Gasteiger partial charge >= 0.3 is 17.6 Å². The highest BCUT2D eigenvalue weighted by Crippen LogP contribution is 2.37. The Hall–Kier alpha value is -6.62. The number of hydrogen-bond donors (Lipinski definition) is 0. The Kier molecular flexibility index (Phi) is 30.2. The first-order chi connectivity index (χ1) is 37.8. The van der Waals surface area contributed by atoms with E-state index in [-0.39, 0.29) is 22.6 Å². The molecule has 0 aliphatic heterocycles. The Morgan fingerprint density at radius 2 is 0.714 bits per heavy atom. The third-order valence-corrected chi connectivity index (χ3v) is 13.8. The number of nitro benzene ring substituents is 1. The van der Waals surface area contributed by atoms with Crippen LogP contribution < -0.4 is 18.9 Å². The van der Waals surface area contributed by atoms with Crippen molar-refractivity contribution >= 4 is 41.4 Å². The average molecular weight is 1050 g/mol. The van der Waals surface area contributed by atoms with E-state index in [4.69, 9.17) is 18.9 Å². The number of ether oxygens (including phenoxy) is 4. The van der Waals surface area contributed by atoms with Crippen LogP contribution in [0.1, 0.15) is 225 Å². The van der Waals surface area contributed by atoms with E-state index in [0.717, 1.165) is 46.8 Å². The van der Waals surface area contributed by atoms with Gasteiger partial charge in [0.15, 0.2) is 0 Å². The summed E-state index contributed by atoms with van der Waals surface area (Å²) in [6, 6.07) is 32.2. The van der Waals surface area contributed by atoms with Gasteiger partial charge in [0, 0.05) is 12.4 Å². The van der Waals surface area contributed by atoms with Gasteiger partial charge in [-0.3, -0.25) is 20.1 Å². The molecule has 0 atom stereocenters. The molecule has 0 heterocycles. The molecular formula is C66H87N3O8. The van der Waals surface area contributed by atoms with Gasteiger partial charge in [0.1, 0.15) is 11.5 Å². The smallest absolute Gasteiger partial charge is 0.353 e. The van der Waals surface area contributed by atoms with E-state index >= 15 is 0 Å². The highest BCUT2D eigenvalue weighted by Gasteiger charge is 2.27. The minimum atomic E-state index is -0.818. The molecule has 0 amide bonds. The second kappa shape index (κ2) is 38.0. The minimum absolute atomic E-state index is 0.166. The van der Waals surface area contributed by atoms with Gasteiger partial charge in [0.25, 0.3) is 0 Å². The minimum Gasteiger partial charge on any atom is -0.494 e. The Labute approximate surface area is 460 Å². The lowest BCUT2D eigenvalue weighted by Gasteiger charge is -2.09. The maximum atomic E-state index is 13.2. The molecule has 0 aliphatic carbocycles. The fourth-order valence-electron chi connectivity index (χ4n) is 9.10. The molecule has 0 spiro atoms. The second-order valence-corrected chi connectivity index (χ2v) is 20.3. The van der Waals surface area contributed by atoms with Crippen LogP contribution >= 0.6 is 0 Å². The van der Waals surface area contributed by atoms with E-state index in [9.17, 15) is 19.7 Å². The van der Waals surface area contributed by atoms with Gasteiger partial charge in [-0.2, -0.15) is 0 Å². The summed E-state index contributed by atoms with van der Waals surface area (Å²) in [6.45, 7) is 5.93. The maximum absolute atomic E-state index is 13.2. The van der Waals surface area contributed by atoms with Crippen molar-refractivity contribution in [2.45, 2.75) is 194 Å². The molecule has 11 heteroatoms. The van der Waals surface area contributed by atoms with Crippen molar-refractivity contribution in [1.29, 1.82) is 0 Å². The molecule has 5 aromatic carbocycles. The Bertz CT molecular complexity index is 2310. The molecule has 5 aromatic rings. The van der Waals surface area contributed by atoms with E-state index in [2.05, 4.69) is 23.8 Å².